The maximum atomic E-state index is 5.59. The number of anilines is 1. The summed E-state index contributed by atoms with van der Waals surface area (Å²) in [6, 6.07) is 12.1. The highest BCUT2D eigenvalue weighted by Crippen LogP contribution is 2.35. The Kier molecular flexibility index (Phi) is 2.64. The fourth-order valence-corrected chi connectivity index (χ4v) is 2.91. The van der Waals surface area contributed by atoms with E-state index in [0.29, 0.717) is 5.82 Å². The van der Waals surface area contributed by atoms with E-state index in [-0.39, 0.29) is 0 Å². The summed E-state index contributed by atoms with van der Waals surface area (Å²) in [6.45, 7) is 0. The Labute approximate surface area is 109 Å². The number of nitrogens with zero attached hydrogens (tertiary/aromatic N) is 1. The van der Waals surface area contributed by atoms with Gasteiger partial charge in [0.1, 0.15) is 11.6 Å². The lowest BCUT2D eigenvalue weighted by atomic mass is 10.2. The number of rotatable bonds is 2. The van der Waals surface area contributed by atoms with E-state index in [2.05, 4.69) is 17.1 Å². The molecule has 0 aliphatic heterocycles. The van der Waals surface area contributed by atoms with Crippen molar-refractivity contribution < 1.29 is 4.74 Å². The van der Waals surface area contributed by atoms with Gasteiger partial charge in [-0.15, -0.1) is 11.3 Å². The minimum atomic E-state index is 0.543. The number of benzene rings is 1. The summed E-state index contributed by atoms with van der Waals surface area (Å²) in [7, 11) is 1.68. The number of pyridine rings is 1. The Morgan fingerprint density at radius 3 is 2.78 bits per heavy atom. The van der Waals surface area contributed by atoms with Crippen LogP contribution >= 0.6 is 11.3 Å². The van der Waals surface area contributed by atoms with E-state index in [1.165, 1.54) is 15.0 Å². The Morgan fingerprint density at radius 1 is 1.17 bits per heavy atom. The normalized spacial score (nSPS) is 10.7. The van der Waals surface area contributed by atoms with Crippen LogP contribution in [0.5, 0.6) is 5.75 Å². The molecule has 0 bridgehead atoms. The monoisotopic (exact) mass is 256 g/mol. The molecule has 1 aromatic carbocycles. The summed E-state index contributed by atoms with van der Waals surface area (Å²) in [5, 5.41) is 1.22. The first-order valence-corrected chi connectivity index (χ1v) is 6.37. The number of hydrogen-bond donors (Lipinski definition) is 1. The number of nitrogens with two attached hydrogens (primary N) is 1. The maximum Gasteiger partial charge on any atom is 0.123 e. The van der Waals surface area contributed by atoms with Crippen LogP contribution in [0.4, 0.5) is 5.82 Å². The highest BCUT2D eigenvalue weighted by Gasteiger charge is 2.05. The molecule has 0 amide bonds. The lowest BCUT2D eigenvalue weighted by Crippen LogP contribution is -1.87. The van der Waals surface area contributed by atoms with E-state index in [9.17, 15) is 0 Å². The van der Waals surface area contributed by atoms with E-state index in [4.69, 9.17) is 10.5 Å². The van der Waals surface area contributed by atoms with Gasteiger partial charge in [0.2, 0.25) is 0 Å². The molecule has 0 fully saturated rings. The SMILES string of the molecule is COc1ccc2cc(-c3ccc(N)nc3)sc2c1. The topological polar surface area (TPSA) is 48.1 Å². The molecule has 3 nitrogen and oxygen atoms in total. The maximum absolute atomic E-state index is 5.59. The van der Waals surface area contributed by atoms with Crippen LogP contribution in [-0.4, -0.2) is 12.1 Å². The second-order valence-electron chi connectivity index (χ2n) is 3.99. The Balaban J connectivity index is 2.10. The van der Waals surface area contributed by atoms with Gasteiger partial charge in [-0.3, -0.25) is 0 Å². The van der Waals surface area contributed by atoms with Crippen molar-refractivity contribution in [1.82, 2.24) is 4.98 Å². The third kappa shape index (κ3) is 1.91. The summed E-state index contributed by atoms with van der Waals surface area (Å²) in [5.74, 6) is 1.42. The molecule has 90 valence electrons. The first-order valence-electron chi connectivity index (χ1n) is 5.56. The predicted molar refractivity (Wildman–Crippen MR) is 76.0 cm³/mol. The van der Waals surface area contributed by atoms with Crippen molar-refractivity contribution in [3.8, 4) is 16.2 Å². The first kappa shape index (κ1) is 11.0. The number of methoxy groups -OCH3 is 1. The Morgan fingerprint density at radius 2 is 2.06 bits per heavy atom. The minimum Gasteiger partial charge on any atom is -0.497 e. The van der Waals surface area contributed by atoms with Gasteiger partial charge in [-0.2, -0.15) is 0 Å². The molecule has 0 atom stereocenters. The first-order chi connectivity index (χ1) is 8.76. The van der Waals surface area contributed by atoms with E-state index < -0.39 is 0 Å². The van der Waals surface area contributed by atoms with Gasteiger partial charge >= 0.3 is 0 Å². The molecule has 0 radical (unpaired) electrons. The Bertz CT molecular complexity index is 689. The van der Waals surface area contributed by atoms with Crippen LogP contribution in [-0.2, 0) is 0 Å². The number of thiophene rings is 1. The molecule has 0 unspecified atom stereocenters. The summed E-state index contributed by atoms with van der Waals surface area (Å²) in [5.41, 5.74) is 6.68. The van der Waals surface area contributed by atoms with Crippen molar-refractivity contribution in [2.45, 2.75) is 0 Å². The van der Waals surface area contributed by atoms with Gasteiger partial charge in [0.05, 0.1) is 7.11 Å². The zero-order valence-electron chi connectivity index (χ0n) is 9.88. The van der Waals surface area contributed by atoms with Crippen LogP contribution in [0.2, 0.25) is 0 Å². The number of ether oxygens (including phenoxy) is 1. The molecular weight excluding hydrogens is 244 g/mol. The van der Waals surface area contributed by atoms with Crippen LogP contribution in [0, 0.1) is 0 Å². The molecule has 2 aromatic heterocycles. The molecule has 0 aliphatic rings. The van der Waals surface area contributed by atoms with Gasteiger partial charge < -0.3 is 10.5 Å². The fourth-order valence-electron chi connectivity index (χ4n) is 1.83. The molecule has 18 heavy (non-hydrogen) atoms. The molecule has 0 aliphatic carbocycles. The van der Waals surface area contributed by atoms with Crippen LogP contribution in [0.3, 0.4) is 0 Å². The van der Waals surface area contributed by atoms with Crippen molar-refractivity contribution in [3.05, 3.63) is 42.6 Å². The highest BCUT2D eigenvalue weighted by molar-refractivity contribution is 7.22. The molecule has 0 saturated carbocycles. The number of hydrogen-bond acceptors (Lipinski definition) is 4. The van der Waals surface area contributed by atoms with E-state index in [0.717, 1.165) is 11.3 Å². The third-order valence-electron chi connectivity index (χ3n) is 2.80. The van der Waals surface area contributed by atoms with Crippen LogP contribution in [0.1, 0.15) is 0 Å². The van der Waals surface area contributed by atoms with Gasteiger partial charge in [0.25, 0.3) is 0 Å². The minimum absolute atomic E-state index is 0.543. The fraction of sp³-hybridized carbons (Fsp3) is 0.0714. The van der Waals surface area contributed by atoms with E-state index in [1.54, 1.807) is 24.6 Å². The van der Waals surface area contributed by atoms with Gasteiger partial charge in [0.15, 0.2) is 0 Å². The number of aromatic nitrogens is 1. The quantitative estimate of drug-likeness (QED) is 0.762. The molecule has 3 rings (SSSR count). The van der Waals surface area contributed by atoms with Crippen LogP contribution in [0.15, 0.2) is 42.6 Å². The number of fused-ring (bicyclic) bond motifs is 1. The van der Waals surface area contributed by atoms with E-state index in [1.807, 2.05) is 24.3 Å². The average Bonchev–Trinajstić information content (AvgIpc) is 2.82. The second kappa shape index (κ2) is 4.31. The molecule has 2 heterocycles. The van der Waals surface area contributed by atoms with Crippen LogP contribution < -0.4 is 10.5 Å². The van der Waals surface area contributed by atoms with Crippen molar-refractivity contribution in [2.24, 2.45) is 0 Å². The zero-order chi connectivity index (χ0) is 12.5. The highest BCUT2D eigenvalue weighted by atomic mass is 32.1. The molecule has 2 N–H and O–H groups in total. The smallest absolute Gasteiger partial charge is 0.123 e. The lowest BCUT2D eigenvalue weighted by Gasteiger charge is -1.97. The summed E-state index contributed by atoms with van der Waals surface area (Å²) >= 11 is 1.72. The molecule has 0 saturated heterocycles. The largest absolute Gasteiger partial charge is 0.497 e. The van der Waals surface area contributed by atoms with Crippen molar-refractivity contribution >= 4 is 27.2 Å². The van der Waals surface area contributed by atoms with Gasteiger partial charge in [-0.25, -0.2) is 4.98 Å². The molecule has 3 aromatic rings. The summed E-state index contributed by atoms with van der Waals surface area (Å²) in [6.07, 6.45) is 1.80. The molecule has 0 spiro atoms. The van der Waals surface area contributed by atoms with E-state index >= 15 is 0 Å². The molecule has 4 heteroatoms. The standard InChI is InChI=1S/C14H12N2OS/c1-17-11-4-2-9-6-12(18-13(9)7-11)10-3-5-14(15)16-8-10/h2-8H,1H3,(H2,15,16). The zero-order valence-corrected chi connectivity index (χ0v) is 10.7. The number of nitrogen functional groups attached to an aromatic ring is 1. The van der Waals surface area contributed by atoms with Crippen molar-refractivity contribution in [1.29, 1.82) is 0 Å². The lowest BCUT2D eigenvalue weighted by molar-refractivity contribution is 0.415. The second-order valence-corrected chi connectivity index (χ2v) is 5.07. The van der Waals surface area contributed by atoms with Gasteiger partial charge in [-0.1, -0.05) is 0 Å². The van der Waals surface area contributed by atoms with Crippen molar-refractivity contribution in [2.75, 3.05) is 12.8 Å². The summed E-state index contributed by atoms with van der Waals surface area (Å²) in [4.78, 5) is 5.31. The van der Waals surface area contributed by atoms with Gasteiger partial charge in [0, 0.05) is 21.3 Å². The molecular formula is C14H12N2OS. The average molecular weight is 256 g/mol. The van der Waals surface area contributed by atoms with Crippen molar-refractivity contribution in [3.63, 3.8) is 0 Å². The van der Waals surface area contributed by atoms with Crippen LogP contribution in [0.25, 0.3) is 20.5 Å². The Hall–Kier alpha value is -2.07. The predicted octanol–water partition coefficient (Wildman–Crippen LogP) is 3.55. The summed E-state index contributed by atoms with van der Waals surface area (Å²) < 4.78 is 6.44. The van der Waals surface area contributed by atoms with Gasteiger partial charge in [-0.05, 0) is 41.8 Å². The third-order valence-corrected chi connectivity index (χ3v) is 3.95.